The SMILES string of the molecule is Cc1ccccc1-c1noc(CCC(=O)NC(c2ccccc2)c2ccccc2)n1. The molecule has 4 aromatic rings. The molecule has 0 saturated heterocycles. The Hall–Kier alpha value is -3.73. The molecule has 4 rings (SSSR count). The topological polar surface area (TPSA) is 68.0 Å². The van der Waals surface area contributed by atoms with E-state index in [0.717, 1.165) is 22.3 Å². The van der Waals surface area contributed by atoms with Crippen LogP contribution in [-0.2, 0) is 11.2 Å². The molecule has 5 nitrogen and oxygen atoms in total. The molecule has 5 heteroatoms. The van der Waals surface area contributed by atoms with Gasteiger partial charge in [-0.3, -0.25) is 4.79 Å². The Morgan fingerprint density at radius 1 is 0.900 bits per heavy atom. The van der Waals surface area contributed by atoms with E-state index in [1.807, 2.05) is 91.9 Å². The molecule has 0 saturated carbocycles. The summed E-state index contributed by atoms with van der Waals surface area (Å²) in [5, 5.41) is 7.20. The number of amides is 1. The highest BCUT2D eigenvalue weighted by molar-refractivity contribution is 5.77. The van der Waals surface area contributed by atoms with Gasteiger partial charge in [-0.05, 0) is 23.6 Å². The zero-order valence-corrected chi connectivity index (χ0v) is 16.8. The predicted octanol–water partition coefficient (Wildman–Crippen LogP) is 4.88. The van der Waals surface area contributed by atoms with Gasteiger partial charge in [0.15, 0.2) is 0 Å². The Kier molecular flexibility index (Phi) is 5.99. The van der Waals surface area contributed by atoms with Crippen molar-refractivity contribution < 1.29 is 9.32 Å². The minimum absolute atomic E-state index is 0.0663. The minimum Gasteiger partial charge on any atom is -0.345 e. The Bertz CT molecular complexity index is 1070. The summed E-state index contributed by atoms with van der Waals surface area (Å²) in [5.41, 5.74) is 4.09. The van der Waals surface area contributed by atoms with Crippen LogP contribution in [0.2, 0.25) is 0 Å². The largest absolute Gasteiger partial charge is 0.345 e. The van der Waals surface area contributed by atoms with E-state index in [4.69, 9.17) is 4.52 Å². The molecule has 0 fully saturated rings. The number of aryl methyl sites for hydroxylation is 2. The molecule has 30 heavy (non-hydrogen) atoms. The van der Waals surface area contributed by atoms with Crippen molar-refractivity contribution in [2.24, 2.45) is 0 Å². The number of carbonyl (C=O) groups is 1. The Balaban J connectivity index is 1.43. The van der Waals surface area contributed by atoms with E-state index >= 15 is 0 Å². The van der Waals surface area contributed by atoms with Gasteiger partial charge in [0, 0.05) is 18.4 Å². The molecule has 1 heterocycles. The molecule has 0 aliphatic rings. The monoisotopic (exact) mass is 397 g/mol. The number of nitrogens with one attached hydrogen (secondary N) is 1. The number of nitrogens with zero attached hydrogens (tertiary/aromatic N) is 2. The number of hydrogen-bond donors (Lipinski definition) is 1. The average Bonchev–Trinajstić information content (AvgIpc) is 3.26. The first-order valence-corrected chi connectivity index (χ1v) is 9.98. The van der Waals surface area contributed by atoms with Crippen LogP contribution in [0.3, 0.4) is 0 Å². The van der Waals surface area contributed by atoms with Crippen molar-refractivity contribution in [1.29, 1.82) is 0 Å². The van der Waals surface area contributed by atoms with Crippen LogP contribution in [0.1, 0.15) is 35.0 Å². The van der Waals surface area contributed by atoms with Crippen molar-refractivity contribution in [3.63, 3.8) is 0 Å². The first kappa shape index (κ1) is 19.6. The summed E-state index contributed by atoms with van der Waals surface area (Å²) in [7, 11) is 0. The van der Waals surface area contributed by atoms with Crippen molar-refractivity contribution >= 4 is 5.91 Å². The summed E-state index contributed by atoms with van der Waals surface area (Å²) in [6.07, 6.45) is 0.659. The molecule has 0 spiro atoms. The first-order chi connectivity index (χ1) is 14.7. The molecule has 0 bridgehead atoms. The van der Waals surface area contributed by atoms with E-state index in [0.29, 0.717) is 18.1 Å². The normalized spacial score (nSPS) is 10.9. The fraction of sp³-hybridized carbons (Fsp3) is 0.160. The van der Waals surface area contributed by atoms with Crippen LogP contribution in [0.15, 0.2) is 89.5 Å². The van der Waals surface area contributed by atoms with Gasteiger partial charge in [-0.2, -0.15) is 4.98 Å². The smallest absolute Gasteiger partial charge is 0.227 e. The molecular formula is C25H23N3O2. The van der Waals surface area contributed by atoms with E-state index in [-0.39, 0.29) is 18.4 Å². The number of hydrogen-bond acceptors (Lipinski definition) is 4. The number of aromatic nitrogens is 2. The van der Waals surface area contributed by atoms with E-state index in [2.05, 4.69) is 15.5 Å². The van der Waals surface area contributed by atoms with Gasteiger partial charge >= 0.3 is 0 Å². The third kappa shape index (κ3) is 4.63. The summed E-state index contributed by atoms with van der Waals surface area (Å²) in [5.74, 6) is 0.942. The molecule has 0 radical (unpaired) electrons. The molecule has 150 valence electrons. The molecule has 1 aromatic heterocycles. The van der Waals surface area contributed by atoms with Crippen LogP contribution in [0.4, 0.5) is 0 Å². The standard InChI is InChI=1S/C25H23N3O2/c1-18-10-8-9-15-21(18)25-27-23(30-28-25)17-16-22(29)26-24(19-11-4-2-5-12-19)20-13-6-3-7-14-20/h2-15,24H,16-17H2,1H3,(H,26,29). The fourth-order valence-electron chi connectivity index (χ4n) is 3.39. The van der Waals surface area contributed by atoms with Crippen molar-refractivity contribution in [2.75, 3.05) is 0 Å². The van der Waals surface area contributed by atoms with Crippen LogP contribution in [0, 0.1) is 6.92 Å². The van der Waals surface area contributed by atoms with E-state index in [9.17, 15) is 4.79 Å². The molecule has 0 aliphatic carbocycles. The number of rotatable bonds is 7. The van der Waals surface area contributed by atoms with Crippen LogP contribution in [0.5, 0.6) is 0 Å². The van der Waals surface area contributed by atoms with Gasteiger partial charge in [0.1, 0.15) is 0 Å². The lowest BCUT2D eigenvalue weighted by molar-refractivity contribution is -0.121. The summed E-state index contributed by atoms with van der Waals surface area (Å²) in [6, 6.07) is 27.6. The number of carbonyl (C=O) groups excluding carboxylic acids is 1. The van der Waals surface area contributed by atoms with Crippen LogP contribution >= 0.6 is 0 Å². The molecule has 1 amide bonds. The van der Waals surface area contributed by atoms with Crippen molar-refractivity contribution in [3.05, 3.63) is 108 Å². The van der Waals surface area contributed by atoms with Gasteiger partial charge in [0.2, 0.25) is 17.6 Å². The van der Waals surface area contributed by atoms with Gasteiger partial charge in [0.25, 0.3) is 0 Å². The molecule has 0 atom stereocenters. The van der Waals surface area contributed by atoms with Crippen LogP contribution in [0.25, 0.3) is 11.4 Å². The lowest BCUT2D eigenvalue weighted by Crippen LogP contribution is -2.29. The zero-order valence-electron chi connectivity index (χ0n) is 16.8. The quantitative estimate of drug-likeness (QED) is 0.482. The van der Waals surface area contributed by atoms with E-state index in [1.54, 1.807) is 0 Å². The van der Waals surface area contributed by atoms with Gasteiger partial charge in [-0.1, -0.05) is 90.1 Å². The Morgan fingerprint density at radius 3 is 2.13 bits per heavy atom. The maximum absolute atomic E-state index is 12.7. The van der Waals surface area contributed by atoms with Crippen LogP contribution < -0.4 is 5.32 Å². The van der Waals surface area contributed by atoms with Crippen molar-refractivity contribution in [3.8, 4) is 11.4 Å². The van der Waals surface area contributed by atoms with Gasteiger partial charge < -0.3 is 9.84 Å². The summed E-state index contributed by atoms with van der Waals surface area (Å²) < 4.78 is 5.36. The molecule has 0 unspecified atom stereocenters. The van der Waals surface area contributed by atoms with Crippen molar-refractivity contribution in [1.82, 2.24) is 15.5 Å². The molecule has 0 aliphatic heterocycles. The number of benzene rings is 3. The Labute approximate surface area is 175 Å². The maximum Gasteiger partial charge on any atom is 0.227 e. The van der Waals surface area contributed by atoms with E-state index in [1.165, 1.54) is 0 Å². The molecule has 3 aromatic carbocycles. The lowest BCUT2D eigenvalue weighted by Gasteiger charge is -2.19. The van der Waals surface area contributed by atoms with Crippen molar-refractivity contribution in [2.45, 2.75) is 25.8 Å². The zero-order chi connectivity index (χ0) is 20.8. The lowest BCUT2D eigenvalue weighted by atomic mass is 9.98. The molecular weight excluding hydrogens is 374 g/mol. The van der Waals surface area contributed by atoms with Crippen LogP contribution in [-0.4, -0.2) is 16.0 Å². The second-order valence-electron chi connectivity index (χ2n) is 7.15. The first-order valence-electron chi connectivity index (χ1n) is 9.98. The van der Waals surface area contributed by atoms with E-state index < -0.39 is 0 Å². The summed E-state index contributed by atoms with van der Waals surface area (Å²) in [4.78, 5) is 17.2. The van der Waals surface area contributed by atoms with Gasteiger partial charge in [-0.15, -0.1) is 0 Å². The third-order valence-corrected chi connectivity index (χ3v) is 4.99. The summed E-state index contributed by atoms with van der Waals surface area (Å²) in [6.45, 7) is 2.01. The second-order valence-corrected chi connectivity index (χ2v) is 7.15. The fourth-order valence-corrected chi connectivity index (χ4v) is 3.39. The highest BCUT2D eigenvalue weighted by atomic mass is 16.5. The second kappa shape index (κ2) is 9.18. The highest BCUT2D eigenvalue weighted by Crippen LogP contribution is 2.23. The Morgan fingerprint density at radius 2 is 1.50 bits per heavy atom. The minimum atomic E-state index is -0.204. The predicted molar refractivity (Wildman–Crippen MR) is 116 cm³/mol. The summed E-state index contributed by atoms with van der Waals surface area (Å²) >= 11 is 0. The average molecular weight is 397 g/mol. The van der Waals surface area contributed by atoms with Gasteiger partial charge in [0.05, 0.1) is 6.04 Å². The third-order valence-electron chi connectivity index (χ3n) is 4.99. The highest BCUT2D eigenvalue weighted by Gasteiger charge is 2.18. The maximum atomic E-state index is 12.7. The molecule has 1 N–H and O–H groups in total. The van der Waals surface area contributed by atoms with Gasteiger partial charge in [-0.25, -0.2) is 0 Å².